The molecule has 0 radical (unpaired) electrons. The Kier molecular flexibility index (Phi) is 5.81. The third-order valence-corrected chi connectivity index (χ3v) is 4.51. The molecule has 2 heterocycles. The Morgan fingerprint density at radius 3 is 2.71 bits per heavy atom. The summed E-state index contributed by atoms with van der Waals surface area (Å²) in [7, 11) is 0. The summed E-state index contributed by atoms with van der Waals surface area (Å²) in [5.41, 5.74) is 1.35. The molecule has 0 bridgehead atoms. The van der Waals surface area contributed by atoms with Gasteiger partial charge in [-0.05, 0) is 61.1 Å². The number of nitrogens with one attached hydrogen (secondary N) is 1. The van der Waals surface area contributed by atoms with Gasteiger partial charge in [-0.15, -0.1) is 0 Å². The van der Waals surface area contributed by atoms with Gasteiger partial charge in [-0.3, -0.25) is 0 Å². The first kappa shape index (κ1) is 16.9. The van der Waals surface area contributed by atoms with Gasteiger partial charge in [0.15, 0.2) is 11.5 Å². The molecule has 24 heavy (non-hydrogen) atoms. The van der Waals surface area contributed by atoms with E-state index in [9.17, 15) is 0 Å². The van der Waals surface area contributed by atoms with Crippen molar-refractivity contribution in [3.63, 3.8) is 0 Å². The molecular formula is C20H27NO3. The minimum absolute atomic E-state index is 0.333. The van der Waals surface area contributed by atoms with Crippen LogP contribution in [0, 0.1) is 5.92 Å². The fourth-order valence-corrected chi connectivity index (χ4v) is 3.08. The Labute approximate surface area is 144 Å². The van der Waals surface area contributed by atoms with Gasteiger partial charge in [0.1, 0.15) is 5.76 Å². The summed E-state index contributed by atoms with van der Waals surface area (Å²) in [6, 6.07) is 10.3. The largest absolute Gasteiger partial charge is 0.468 e. The van der Waals surface area contributed by atoms with Crippen LogP contribution in [0.5, 0.6) is 11.5 Å². The smallest absolute Gasteiger partial charge is 0.231 e. The van der Waals surface area contributed by atoms with E-state index in [4.69, 9.17) is 13.9 Å². The number of ether oxygens (including phenoxy) is 2. The van der Waals surface area contributed by atoms with Crippen molar-refractivity contribution in [3.8, 4) is 11.5 Å². The van der Waals surface area contributed by atoms with E-state index in [0.29, 0.717) is 12.7 Å². The highest BCUT2D eigenvalue weighted by Crippen LogP contribution is 2.36. The molecule has 4 nitrogen and oxygen atoms in total. The van der Waals surface area contributed by atoms with E-state index >= 15 is 0 Å². The summed E-state index contributed by atoms with van der Waals surface area (Å²) < 4.78 is 16.3. The molecule has 1 aliphatic heterocycles. The number of furan rings is 1. The highest BCUT2D eigenvalue weighted by atomic mass is 16.7. The molecule has 0 fully saturated rings. The summed E-state index contributed by atoms with van der Waals surface area (Å²) in [4.78, 5) is 0. The normalized spacial score (nSPS) is 14.3. The van der Waals surface area contributed by atoms with Crippen molar-refractivity contribution in [2.75, 3.05) is 13.3 Å². The molecule has 1 aliphatic rings. The molecule has 0 unspecified atom stereocenters. The van der Waals surface area contributed by atoms with E-state index in [2.05, 4.69) is 31.3 Å². The van der Waals surface area contributed by atoms with Crippen molar-refractivity contribution >= 4 is 0 Å². The Morgan fingerprint density at radius 2 is 1.92 bits per heavy atom. The fourth-order valence-electron chi connectivity index (χ4n) is 3.08. The lowest BCUT2D eigenvalue weighted by Crippen LogP contribution is -2.17. The van der Waals surface area contributed by atoms with E-state index in [0.717, 1.165) is 42.7 Å². The predicted octanol–water partition coefficient (Wildman–Crippen LogP) is 4.71. The number of benzene rings is 1. The molecule has 1 atom stereocenters. The molecular weight excluding hydrogens is 302 g/mol. The average molecular weight is 329 g/mol. The van der Waals surface area contributed by atoms with Gasteiger partial charge in [-0.1, -0.05) is 26.3 Å². The van der Waals surface area contributed by atoms with E-state index < -0.39 is 0 Å². The Balaban J connectivity index is 1.57. The van der Waals surface area contributed by atoms with Crippen LogP contribution in [0.3, 0.4) is 0 Å². The second-order valence-electron chi connectivity index (χ2n) is 6.83. The maximum atomic E-state index is 5.54. The SMILES string of the molecule is CC(C)CC[C@@H](CCNCc1ccco1)c1ccc2c(c1)OCO2. The standard InChI is InChI=1S/C20H27NO3/c1-15(2)5-6-16(9-10-21-13-18-4-3-11-22-18)17-7-8-19-20(12-17)24-14-23-19/h3-4,7-8,11-12,15-16,21H,5-6,9-10,13-14H2,1-2H3/t16-/m0/s1. The second kappa shape index (κ2) is 8.25. The number of fused-ring (bicyclic) bond motifs is 1. The number of rotatable bonds is 9. The molecule has 0 saturated heterocycles. The fraction of sp³-hybridized carbons (Fsp3) is 0.500. The minimum Gasteiger partial charge on any atom is -0.468 e. The van der Waals surface area contributed by atoms with Gasteiger partial charge in [0.25, 0.3) is 0 Å². The van der Waals surface area contributed by atoms with Crippen molar-refractivity contribution in [2.45, 2.75) is 45.6 Å². The van der Waals surface area contributed by atoms with Gasteiger partial charge in [0.2, 0.25) is 6.79 Å². The zero-order chi connectivity index (χ0) is 16.8. The van der Waals surface area contributed by atoms with Crippen LogP contribution in [0.25, 0.3) is 0 Å². The monoisotopic (exact) mass is 329 g/mol. The van der Waals surface area contributed by atoms with Gasteiger partial charge < -0.3 is 19.2 Å². The summed E-state index contributed by atoms with van der Waals surface area (Å²) in [6.07, 6.45) is 5.25. The third-order valence-electron chi connectivity index (χ3n) is 4.51. The Morgan fingerprint density at radius 1 is 1.04 bits per heavy atom. The van der Waals surface area contributed by atoms with Crippen LogP contribution >= 0.6 is 0 Å². The molecule has 1 aromatic heterocycles. The highest BCUT2D eigenvalue weighted by molar-refractivity contribution is 5.45. The van der Waals surface area contributed by atoms with Crippen molar-refractivity contribution < 1.29 is 13.9 Å². The molecule has 130 valence electrons. The maximum Gasteiger partial charge on any atom is 0.231 e. The Hall–Kier alpha value is -1.94. The van der Waals surface area contributed by atoms with Gasteiger partial charge in [0, 0.05) is 0 Å². The molecule has 1 N–H and O–H groups in total. The second-order valence-corrected chi connectivity index (χ2v) is 6.83. The lowest BCUT2D eigenvalue weighted by Gasteiger charge is -2.19. The molecule has 2 aromatic rings. The van der Waals surface area contributed by atoms with Crippen LogP contribution < -0.4 is 14.8 Å². The average Bonchev–Trinajstić information content (AvgIpc) is 3.24. The van der Waals surface area contributed by atoms with Gasteiger partial charge in [-0.25, -0.2) is 0 Å². The number of hydrogen-bond acceptors (Lipinski definition) is 4. The van der Waals surface area contributed by atoms with Gasteiger partial charge >= 0.3 is 0 Å². The van der Waals surface area contributed by atoms with Crippen molar-refractivity contribution in [2.24, 2.45) is 5.92 Å². The molecule has 1 aromatic carbocycles. The number of hydrogen-bond donors (Lipinski definition) is 1. The minimum atomic E-state index is 0.333. The first-order valence-corrected chi connectivity index (χ1v) is 8.85. The van der Waals surface area contributed by atoms with Crippen LogP contribution in [0.15, 0.2) is 41.0 Å². The van der Waals surface area contributed by atoms with E-state index in [1.165, 1.54) is 18.4 Å². The summed E-state index contributed by atoms with van der Waals surface area (Å²) >= 11 is 0. The first-order valence-electron chi connectivity index (χ1n) is 8.85. The first-order chi connectivity index (χ1) is 11.7. The van der Waals surface area contributed by atoms with Gasteiger partial charge in [0.05, 0.1) is 12.8 Å². The zero-order valence-corrected chi connectivity index (χ0v) is 14.6. The lowest BCUT2D eigenvalue weighted by molar-refractivity contribution is 0.174. The third kappa shape index (κ3) is 4.54. The predicted molar refractivity (Wildman–Crippen MR) is 94.4 cm³/mol. The van der Waals surface area contributed by atoms with Crippen molar-refractivity contribution in [1.82, 2.24) is 5.32 Å². The molecule has 0 saturated carbocycles. The zero-order valence-electron chi connectivity index (χ0n) is 14.6. The molecule has 4 heteroatoms. The van der Waals surface area contributed by atoms with Crippen LogP contribution in [0.4, 0.5) is 0 Å². The van der Waals surface area contributed by atoms with Crippen LogP contribution in [0.1, 0.15) is 50.4 Å². The Bertz CT molecular complexity index is 622. The maximum absolute atomic E-state index is 5.54. The van der Waals surface area contributed by atoms with E-state index in [1.54, 1.807) is 6.26 Å². The summed E-state index contributed by atoms with van der Waals surface area (Å²) in [6.45, 7) is 6.65. The highest BCUT2D eigenvalue weighted by Gasteiger charge is 2.18. The molecule has 0 amide bonds. The van der Waals surface area contributed by atoms with E-state index in [1.807, 2.05) is 18.2 Å². The molecule has 3 rings (SSSR count). The van der Waals surface area contributed by atoms with Crippen molar-refractivity contribution in [3.05, 3.63) is 47.9 Å². The van der Waals surface area contributed by atoms with Crippen LogP contribution in [-0.4, -0.2) is 13.3 Å². The lowest BCUT2D eigenvalue weighted by atomic mass is 9.88. The van der Waals surface area contributed by atoms with Crippen LogP contribution in [0.2, 0.25) is 0 Å². The van der Waals surface area contributed by atoms with Crippen LogP contribution in [-0.2, 0) is 6.54 Å². The quantitative estimate of drug-likeness (QED) is 0.677. The molecule has 0 spiro atoms. The van der Waals surface area contributed by atoms with Gasteiger partial charge in [-0.2, -0.15) is 0 Å². The topological polar surface area (TPSA) is 43.6 Å². The molecule has 0 aliphatic carbocycles. The van der Waals surface area contributed by atoms with Crippen molar-refractivity contribution in [1.29, 1.82) is 0 Å². The summed E-state index contributed by atoms with van der Waals surface area (Å²) in [5, 5.41) is 3.48. The summed E-state index contributed by atoms with van der Waals surface area (Å²) in [5.74, 6) is 3.98. The van der Waals surface area contributed by atoms with E-state index in [-0.39, 0.29) is 0 Å².